The maximum Gasteiger partial charge on any atom is 0.0810 e. The van der Waals surface area contributed by atoms with E-state index in [1.54, 1.807) is 18.2 Å². The zero-order valence-electron chi connectivity index (χ0n) is 8.41. The number of nitrogen functional groups attached to an aromatic ring is 1. The van der Waals surface area contributed by atoms with E-state index in [1.807, 2.05) is 0 Å². The third-order valence-corrected chi connectivity index (χ3v) is 2.44. The Balaban J connectivity index is 2.66. The van der Waals surface area contributed by atoms with Gasteiger partial charge in [0.05, 0.1) is 6.10 Å². The molecule has 0 saturated heterocycles. The second-order valence-corrected chi connectivity index (χ2v) is 3.82. The van der Waals surface area contributed by atoms with E-state index in [0.717, 1.165) is 12.0 Å². The van der Waals surface area contributed by atoms with Crippen molar-refractivity contribution in [3.05, 3.63) is 28.8 Å². The number of anilines is 1. The van der Waals surface area contributed by atoms with Crippen molar-refractivity contribution in [3.63, 3.8) is 0 Å². The molecule has 80 valence electrons. The normalized spacial score (nSPS) is 12.1. The van der Waals surface area contributed by atoms with E-state index in [2.05, 4.69) is 5.92 Å². The van der Waals surface area contributed by atoms with Gasteiger partial charge in [0, 0.05) is 22.7 Å². The van der Waals surface area contributed by atoms with Gasteiger partial charge in [-0.05, 0) is 25.0 Å². The summed E-state index contributed by atoms with van der Waals surface area (Å²) in [4.78, 5) is 0. The predicted octanol–water partition coefficient (Wildman–Crippen LogP) is 2.76. The van der Waals surface area contributed by atoms with Crippen molar-refractivity contribution in [1.82, 2.24) is 0 Å². The number of hydrogen-bond donors (Lipinski definition) is 2. The molecule has 3 heteroatoms. The van der Waals surface area contributed by atoms with Crippen LogP contribution in [0.2, 0.25) is 5.02 Å². The zero-order chi connectivity index (χ0) is 11.3. The quantitative estimate of drug-likeness (QED) is 0.469. The van der Waals surface area contributed by atoms with Crippen LogP contribution in [-0.4, -0.2) is 5.11 Å². The number of aliphatic hydroxyl groups is 1. The molecule has 15 heavy (non-hydrogen) atoms. The summed E-state index contributed by atoms with van der Waals surface area (Å²) in [6.45, 7) is 0. The van der Waals surface area contributed by atoms with E-state index in [1.165, 1.54) is 0 Å². The molecular weight excluding hydrogens is 210 g/mol. The van der Waals surface area contributed by atoms with Crippen LogP contribution in [0.15, 0.2) is 18.2 Å². The van der Waals surface area contributed by atoms with Crippen molar-refractivity contribution in [1.29, 1.82) is 0 Å². The fraction of sp³-hybridized carbons (Fsp3) is 0.333. The van der Waals surface area contributed by atoms with Gasteiger partial charge in [-0.3, -0.25) is 0 Å². The summed E-state index contributed by atoms with van der Waals surface area (Å²) in [5, 5.41) is 10.4. The Morgan fingerprint density at radius 1 is 1.53 bits per heavy atom. The number of benzene rings is 1. The number of rotatable bonds is 4. The van der Waals surface area contributed by atoms with E-state index < -0.39 is 6.10 Å². The molecule has 0 aromatic heterocycles. The number of nitrogens with two attached hydrogens (primary N) is 1. The Kier molecular flexibility index (Phi) is 4.48. The second kappa shape index (κ2) is 5.65. The maximum absolute atomic E-state index is 9.83. The highest BCUT2D eigenvalue weighted by Gasteiger charge is 2.10. The largest absolute Gasteiger partial charge is 0.398 e. The molecule has 1 atom stereocenters. The van der Waals surface area contributed by atoms with Crippen LogP contribution in [0.3, 0.4) is 0 Å². The summed E-state index contributed by atoms with van der Waals surface area (Å²) in [7, 11) is 0. The first-order valence-electron chi connectivity index (χ1n) is 4.81. The van der Waals surface area contributed by atoms with E-state index in [-0.39, 0.29) is 0 Å². The first kappa shape index (κ1) is 11.9. The standard InChI is InChI=1S/C12H14ClNO/c1-2-3-4-5-12(15)10-7-6-9(13)8-11(10)14/h1,6-8,12,15H,3-5,14H2. The van der Waals surface area contributed by atoms with E-state index >= 15 is 0 Å². The van der Waals surface area contributed by atoms with Gasteiger partial charge in [-0.15, -0.1) is 12.3 Å². The number of aliphatic hydroxyl groups excluding tert-OH is 1. The summed E-state index contributed by atoms with van der Waals surface area (Å²) in [6, 6.07) is 5.11. The molecule has 0 heterocycles. The molecule has 0 spiro atoms. The monoisotopic (exact) mass is 223 g/mol. The fourth-order valence-corrected chi connectivity index (χ4v) is 1.58. The van der Waals surface area contributed by atoms with Crippen molar-refractivity contribution in [3.8, 4) is 12.3 Å². The molecule has 0 amide bonds. The number of hydrogen-bond acceptors (Lipinski definition) is 2. The summed E-state index contributed by atoms with van der Waals surface area (Å²) in [5.74, 6) is 2.53. The van der Waals surface area contributed by atoms with Gasteiger partial charge in [-0.25, -0.2) is 0 Å². The highest BCUT2D eigenvalue weighted by atomic mass is 35.5. The molecule has 0 bridgehead atoms. The van der Waals surface area contributed by atoms with E-state index in [9.17, 15) is 5.11 Å². The zero-order valence-corrected chi connectivity index (χ0v) is 9.17. The van der Waals surface area contributed by atoms with Gasteiger partial charge < -0.3 is 10.8 Å². The van der Waals surface area contributed by atoms with Crippen LogP contribution in [0.5, 0.6) is 0 Å². The summed E-state index contributed by atoms with van der Waals surface area (Å²) in [5.41, 5.74) is 6.98. The molecule has 3 N–H and O–H groups in total. The Hall–Kier alpha value is -1.17. The highest BCUT2D eigenvalue weighted by Crippen LogP contribution is 2.26. The molecule has 0 saturated carbocycles. The van der Waals surface area contributed by atoms with Crippen molar-refractivity contribution in [2.45, 2.75) is 25.4 Å². The minimum absolute atomic E-state index is 0.524. The van der Waals surface area contributed by atoms with Crippen molar-refractivity contribution >= 4 is 17.3 Å². The summed E-state index contributed by atoms with van der Waals surface area (Å²) < 4.78 is 0. The molecule has 0 radical (unpaired) electrons. The topological polar surface area (TPSA) is 46.2 Å². The molecule has 0 aliphatic heterocycles. The fourth-order valence-electron chi connectivity index (χ4n) is 1.40. The molecule has 0 aliphatic rings. The minimum atomic E-state index is -0.560. The van der Waals surface area contributed by atoms with E-state index in [0.29, 0.717) is 23.6 Å². The molecule has 1 aromatic carbocycles. The van der Waals surface area contributed by atoms with Crippen LogP contribution >= 0.6 is 11.6 Å². The average Bonchev–Trinajstić information content (AvgIpc) is 2.17. The van der Waals surface area contributed by atoms with Crippen LogP contribution in [0.1, 0.15) is 30.9 Å². The number of terminal acetylenes is 1. The average molecular weight is 224 g/mol. The van der Waals surface area contributed by atoms with Gasteiger partial charge in [0.1, 0.15) is 0 Å². The van der Waals surface area contributed by atoms with Gasteiger partial charge in [-0.2, -0.15) is 0 Å². The lowest BCUT2D eigenvalue weighted by Crippen LogP contribution is -2.02. The van der Waals surface area contributed by atoms with Gasteiger partial charge in [-0.1, -0.05) is 17.7 Å². The lowest BCUT2D eigenvalue weighted by atomic mass is 10.0. The molecule has 0 fully saturated rings. The van der Waals surface area contributed by atoms with Gasteiger partial charge in [0.2, 0.25) is 0 Å². The van der Waals surface area contributed by atoms with Crippen LogP contribution in [0.25, 0.3) is 0 Å². The highest BCUT2D eigenvalue weighted by molar-refractivity contribution is 6.30. The van der Waals surface area contributed by atoms with Gasteiger partial charge in [0.25, 0.3) is 0 Å². The Bertz CT molecular complexity index is 370. The molecule has 2 nitrogen and oxygen atoms in total. The second-order valence-electron chi connectivity index (χ2n) is 3.39. The third-order valence-electron chi connectivity index (χ3n) is 2.21. The molecule has 0 aliphatic carbocycles. The molecule has 1 unspecified atom stereocenters. The van der Waals surface area contributed by atoms with E-state index in [4.69, 9.17) is 23.8 Å². The Labute approximate surface area is 95.1 Å². The SMILES string of the molecule is C#CCCCC(O)c1ccc(Cl)cc1N. The summed E-state index contributed by atoms with van der Waals surface area (Å²) >= 11 is 5.76. The Morgan fingerprint density at radius 2 is 2.27 bits per heavy atom. The maximum atomic E-state index is 9.83. The third kappa shape index (κ3) is 3.47. The van der Waals surface area contributed by atoms with Gasteiger partial charge >= 0.3 is 0 Å². The van der Waals surface area contributed by atoms with Crippen LogP contribution < -0.4 is 5.73 Å². The lowest BCUT2D eigenvalue weighted by Gasteiger charge is -2.12. The smallest absolute Gasteiger partial charge is 0.0810 e. The van der Waals surface area contributed by atoms with Crippen molar-refractivity contribution in [2.24, 2.45) is 0 Å². The lowest BCUT2D eigenvalue weighted by molar-refractivity contribution is 0.166. The minimum Gasteiger partial charge on any atom is -0.398 e. The number of unbranched alkanes of at least 4 members (excludes halogenated alkanes) is 1. The summed E-state index contributed by atoms with van der Waals surface area (Å²) in [6.07, 6.45) is 6.65. The molecule has 1 rings (SSSR count). The van der Waals surface area contributed by atoms with Crippen molar-refractivity contribution in [2.75, 3.05) is 5.73 Å². The van der Waals surface area contributed by atoms with Crippen LogP contribution in [0.4, 0.5) is 5.69 Å². The Morgan fingerprint density at radius 3 is 2.87 bits per heavy atom. The first-order chi connectivity index (χ1) is 7.15. The number of halogens is 1. The van der Waals surface area contributed by atoms with Crippen LogP contribution in [-0.2, 0) is 0 Å². The first-order valence-corrected chi connectivity index (χ1v) is 5.19. The molecular formula is C12H14ClNO. The predicted molar refractivity (Wildman–Crippen MR) is 63.5 cm³/mol. The van der Waals surface area contributed by atoms with Gasteiger partial charge in [0.15, 0.2) is 0 Å². The molecule has 1 aromatic rings. The van der Waals surface area contributed by atoms with Crippen LogP contribution in [0, 0.1) is 12.3 Å². The van der Waals surface area contributed by atoms with Crippen molar-refractivity contribution < 1.29 is 5.11 Å².